The zero-order valence-electron chi connectivity index (χ0n) is 10.5. The zero-order chi connectivity index (χ0) is 13.6. The number of nitrogens with one attached hydrogen (secondary N) is 2. The first kappa shape index (κ1) is 11.9. The third-order valence-electron chi connectivity index (χ3n) is 4.22. The van der Waals surface area contributed by atoms with E-state index in [2.05, 4.69) is 10.6 Å². The normalized spacial score (nSPS) is 24.7. The van der Waals surface area contributed by atoms with Crippen LogP contribution in [0.5, 0.6) is 0 Å². The van der Waals surface area contributed by atoms with Gasteiger partial charge in [0.1, 0.15) is 5.41 Å². The summed E-state index contributed by atoms with van der Waals surface area (Å²) in [4.78, 5) is 35.6. The van der Waals surface area contributed by atoms with E-state index in [9.17, 15) is 14.4 Å². The van der Waals surface area contributed by atoms with E-state index in [0.29, 0.717) is 12.8 Å². The van der Waals surface area contributed by atoms with Gasteiger partial charge in [0.15, 0.2) is 0 Å². The highest BCUT2D eigenvalue weighted by Crippen LogP contribution is 2.41. The van der Waals surface area contributed by atoms with Gasteiger partial charge in [0.25, 0.3) is 0 Å². The fraction of sp³-hybridized carbons (Fsp3) is 0.357. The number of fused-ring (bicyclic) bond motifs is 1. The lowest BCUT2D eigenvalue weighted by molar-refractivity contribution is -0.148. The van der Waals surface area contributed by atoms with Crippen molar-refractivity contribution in [2.75, 3.05) is 0 Å². The Bertz CT molecular complexity index is 574. The Hall–Kier alpha value is -2.17. The Labute approximate surface area is 110 Å². The van der Waals surface area contributed by atoms with E-state index in [0.717, 1.165) is 11.1 Å². The molecule has 0 aromatic heterocycles. The average Bonchev–Trinajstić information content (AvgIpc) is 2.35. The third-order valence-corrected chi connectivity index (χ3v) is 4.22. The lowest BCUT2D eigenvalue weighted by Gasteiger charge is -2.42. The number of imide groups is 2. The van der Waals surface area contributed by atoms with Crippen LogP contribution in [0.4, 0.5) is 4.79 Å². The van der Waals surface area contributed by atoms with Crippen molar-refractivity contribution in [1.82, 2.24) is 10.6 Å². The molecule has 1 aromatic carbocycles. The molecule has 2 N–H and O–H groups in total. The Morgan fingerprint density at radius 3 is 2.26 bits per heavy atom. The molecule has 1 aliphatic heterocycles. The van der Waals surface area contributed by atoms with Crippen molar-refractivity contribution in [2.45, 2.75) is 19.8 Å². The second-order valence-corrected chi connectivity index (χ2v) is 5.26. The van der Waals surface area contributed by atoms with Crippen LogP contribution in [0.25, 0.3) is 0 Å². The quantitative estimate of drug-likeness (QED) is 0.675. The number of amides is 4. The van der Waals surface area contributed by atoms with E-state index in [1.54, 1.807) is 0 Å². The number of carbonyl (C=O) groups is 3. The van der Waals surface area contributed by atoms with E-state index in [4.69, 9.17) is 0 Å². The van der Waals surface area contributed by atoms with E-state index in [1.165, 1.54) is 0 Å². The van der Waals surface area contributed by atoms with Crippen molar-refractivity contribution in [3.8, 4) is 0 Å². The molecular formula is C14H14N2O3. The highest BCUT2D eigenvalue weighted by molar-refractivity contribution is 6.19. The molecule has 2 aliphatic rings. The molecule has 19 heavy (non-hydrogen) atoms. The predicted molar refractivity (Wildman–Crippen MR) is 67.1 cm³/mol. The third kappa shape index (κ3) is 1.58. The average molecular weight is 258 g/mol. The van der Waals surface area contributed by atoms with Gasteiger partial charge in [-0.1, -0.05) is 31.2 Å². The number of hydrogen-bond acceptors (Lipinski definition) is 3. The Kier molecular flexibility index (Phi) is 2.45. The van der Waals surface area contributed by atoms with Crippen LogP contribution in [0.1, 0.15) is 18.1 Å². The summed E-state index contributed by atoms with van der Waals surface area (Å²) in [6.45, 7) is 1.88. The summed E-state index contributed by atoms with van der Waals surface area (Å²) in [5.41, 5.74) is 1.00. The number of rotatable bonds is 0. The topological polar surface area (TPSA) is 75.3 Å². The molecule has 1 unspecified atom stereocenters. The van der Waals surface area contributed by atoms with Gasteiger partial charge < -0.3 is 0 Å². The minimum atomic E-state index is -1.16. The largest absolute Gasteiger partial charge is 0.328 e. The van der Waals surface area contributed by atoms with Crippen LogP contribution in [-0.4, -0.2) is 17.8 Å². The van der Waals surface area contributed by atoms with Gasteiger partial charge in [0.2, 0.25) is 11.8 Å². The van der Waals surface area contributed by atoms with Crippen LogP contribution >= 0.6 is 0 Å². The highest BCUT2D eigenvalue weighted by atomic mass is 16.2. The molecule has 1 aromatic rings. The smallest absolute Gasteiger partial charge is 0.277 e. The first-order chi connectivity index (χ1) is 9.04. The van der Waals surface area contributed by atoms with Crippen molar-refractivity contribution in [3.63, 3.8) is 0 Å². The molecule has 1 saturated heterocycles. The molecule has 4 amide bonds. The maximum atomic E-state index is 12.2. The molecule has 98 valence electrons. The molecule has 0 saturated carbocycles. The predicted octanol–water partition coefficient (Wildman–Crippen LogP) is 0.774. The van der Waals surface area contributed by atoms with E-state index >= 15 is 0 Å². The Morgan fingerprint density at radius 2 is 1.63 bits per heavy atom. The summed E-state index contributed by atoms with van der Waals surface area (Å²) in [5, 5.41) is 4.44. The van der Waals surface area contributed by atoms with Crippen molar-refractivity contribution >= 4 is 17.8 Å². The molecule has 5 heteroatoms. The molecule has 3 rings (SSSR count). The van der Waals surface area contributed by atoms with E-state index < -0.39 is 23.3 Å². The van der Waals surface area contributed by atoms with Gasteiger partial charge in [-0.15, -0.1) is 0 Å². The molecule has 1 atom stereocenters. The summed E-state index contributed by atoms with van der Waals surface area (Å²) in [6.07, 6.45) is 1.00. The van der Waals surface area contributed by atoms with Gasteiger partial charge in [-0.3, -0.25) is 20.2 Å². The molecule has 1 fully saturated rings. The molecule has 1 aliphatic carbocycles. The fourth-order valence-electron chi connectivity index (χ4n) is 3.08. The Morgan fingerprint density at radius 1 is 1.05 bits per heavy atom. The second kappa shape index (κ2) is 3.91. The van der Waals surface area contributed by atoms with Crippen molar-refractivity contribution in [1.29, 1.82) is 0 Å². The maximum Gasteiger partial charge on any atom is 0.328 e. The first-order valence-electron chi connectivity index (χ1n) is 6.27. The fourth-order valence-corrected chi connectivity index (χ4v) is 3.08. The van der Waals surface area contributed by atoms with Crippen molar-refractivity contribution in [3.05, 3.63) is 35.4 Å². The van der Waals surface area contributed by atoms with Crippen LogP contribution < -0.4 is 10.6 Å². The summed E-state index contributed by atoms with van der Waals surface area (Å²) >= 11 is 0. The SMILES string of the molecule is CC1Cc2ccccc2CC12C(=O)NC(=O)NC2=O. The van der Waals surface area contributed by atoms with Crippen molar-refractivity contribution < 1.29 is 14.4 Å². The van der Waals surface area contributed by atoms with Crippen LogP contribution in [-0.2, 0) is 22.4 Å². The summed E-state index contributed by atoms with van der Waals surface area (Å²) in [7, 11) is 0. The van der Waals surface area contributed by atoms with E-state index in [1.807, 2.05) is 31.2 Å². The lowest BCUT2D eigenvalue weighted by atomic mass is 9.63. The van der Waals surface area contributed by atoms with Gasteiger partial charge in [-0.05, 0) is 29.9 Å². The Balaban J connectivity index is 2.08. The summed E-state index contributed by atoms with van der Waals surface area (Å²) < 4.78 is 0. The van der Waals surface area contributed by atoms with Crippen LogP contribution in [0.2, 0.25) is 0 Å². The zero-order valence-corrected chi connectivity index (χ0v) is 10.5. The van der Waals surface area contributed by atoms with Gasteiger partial charge in [-0.25, -0.2) is 4.79 Å². The van der Waals surface area contributed by atoms with Crippen LogP contribution in [0.3, 0.4) is 0 Å². The molecule has 1 spiro atoms. The highest BCUT2D eigenvalue weighted by Gasteiger charge is 2.55. The number of benzene rings is 1. The molecule has 5 nitrogen and oxygen atoms in total. The first-order valence-corrected chi connectivity index (χ1v) is 6.27. The van der Waals surface area contributed by atoms with Gasteiger partial charge in [0.05, 0.1) is 0 Å². The standard InChI is InChI=1S/C14H14N2O3/c1-8-6-9-4-2-3-5-10(9)7-14(8)11(17)15-13(19)16-12(14)18/h2-5,8H,6-7H2,1H3,(H2,15,16,17,18,19). The minimum absolute atomic E-state index is 0.143. The number of hydrogen-bond donors (Lipinski definition) is 2. The lowest BCUT2D eigenvalue weighted by Crippen LogP contribution is -2.66. The molecule has 0 radical (unpaired) electrons. The molecule has 0 bridgehead atoms. The number of urea groups is 1. The number of barbiturate groups is 1. The van der Waals surface area contributed by atoms with Gasteiger partial charge in [0, 0.05) is 0 Å². The van der Waals surface area contributed by atoms with Crippen molar-refractivity contribution in [2.24, 2.45) is 11.3 Å². The monoisotopic (exact) mass is 258 g/mol. The summed E-state index contributed by atoms with van der Waals surface area (Å²) in [6, 6.07) is 7.06. The second-order valence-electron chi connectivity index (χ2n) is 5.26. The molecular weight excluding hydrogens is 244 g/mol. The van der Waals surface area contributed by atoms with Gasteiger partial charge in [-0.2, -0.15) is 0 Å². The maximum absolute atomic E-state index is 12.2. The van der Waals surface area contributed by atoms with Gasteiger partial charge >= 0.3 is 6.03 Å². The van der Waals surface area contributed by atoms with E-state index in [-0.39, 0.29) is 5.92 Å². The number of carbonyl (C=O) groups excluding carboxylic acids is 3. The minimum Gasteiger partial charge on any atom is -0.277 e. The van der Waals surface area contributed by atoms with Crippen LogP contribution in [0.15, 0.2) is 24.3 Å². The molecule has 1 heterocycles. The van der Waals surface area contributed by atoms with Crippen LogP contribution in [0, 0.1) is 11.3 Å². The summed E-state index contributed by atoms with van der Waals surface area (Å²) in [5.74, 6) is -1.11.